The fourth-order valence-corrected chi connectivity index (χ4v) is 1.55. The van der Waals surface area contributed by atoms with Crippen molar-refractivity contribution in [1.82, 2.24) is 10.2 Å². The molecule has 2 amide bonds. The van der Waals surface area contributed by atoms with E-state index in [1.165, 1.54) is 0 Å². The maximum atomic E-state index is 12.1. The molecule has 0 bridgehead atoms. The number of nitrogens with one attached hydrogen (secondary N) is 1. The highest BCUT2D eigenvalue weighted by Gasteiger charge is 2.36. The second kappa shape index (κ2) is 6.07. The van der Waals surface area contributed by atoms with Gasteiger partial charge in [0.1, 0.15) is 5.54 Å². The first-order valence-corrected chi connectivity index (χ1v) is 6.40. The van der Waals surface area contributed by atoms with Gasteiger partial charge >= 0.3 is 12.0 Å². The molecule has 0 aliphatic carbocycles. The van der Waals surface area contributed by atoms with E-state index < -0.39 is 11.5 Å². The van der Waals surface area contributed by atoms with Crippen LogP contribution in [0.1, 0.15) is 53.9 Å². The summed E-state index contributed by atoms with van der Waals surface area (Å²) in [5.41, 5.74) is -1.50. The average Bonchev–Trinajstić information content (AvgIpc) is 2.27. The van der Waals surface area contributed by atoms with Crippen molar-refractivity contribution in [3.63, 3.8) is 0 Å². The van der Waals surface area contributed by atoms with Crippen molar-refractivity contribution in [3.05, 3.63) is 0 Å². The zero-order valence-electron chi connectivity index (χ0n) is 12.3. The molecule has 0 aliphatic heterocycles. The number of hydrogen-bond donors (Lipinski definition) is 2. The molecule has 0 fully saturated rings. The topological polar surface area (TPSA) is 69.6 Å². The number of carboxylic acid groups (broad SMARTS) is 1. The predicted molar refractivity (Wildman–Crippen MR) is 71.6 cm³/mol. The minimum Gasteiger partial charge on any atom is -0.480 e. The molecule has 106 valence electrons. The normalized spacial score (nSPS) is 14.8. The number of aliphatic carboxylic acids is 1. The molecule has 0 aromatic rings. The van der Waals surface area contributed by atoms with Gasteiger partial charge in [-0.15, -0.1) is 0 Å². The Morgan fingerprint density at radius 3 is 2.06 bits per heavy atom. The minimum absolute atomic E-state index is 0.296. The summed E-state index contributed by atoms with van der Waals surface area (Å²) in [4.78, 5) is 24.9. The Hall–Kier alpha value is -1.26. The van der Waals surface area contributed by atoms with Crippen molar-refractivity contribution in [2.45, 2.75) is 65.0 Å². The average molecular weight is 258 g/mol. The van der Waals surface area contributed by atoms with E-state index in [-0.39, 0.29) is 11.6 Å². The molecule has 5 heteroatoms. The number of carbonyl (C=O) groups excluding carboxylic acids is 1. The first-order chi connectivity index (χ1) is 8.10. The maximum absolute atomic E-state index is 12.1. The van der Waals surface area contributed by atoms with Crippen LogP contribution in [-0.4, -0.2) is 40.1 Å². The molecule has 0 saturated carbocycles. The van der Waals surface area contributed by atoms with Crippen molar-refractivity contribution in [2.75, 3.05) is 7.05 Å². The summed E-state index contributed by atoms with van der Waals surface area (Å²) in [7, 11) is 1.69. The molecule has 0 aliphatic rings. The Morgan fingerprint density at radius 1 is 1.22 bits per heavy atom. The SMILES string of the molecule is CCCC(C)(NC(=O)N(C)C(C)(C)CC)C(=O)O. The van der Waals surface area contributed by atoms with Crippen LogP contribution in [0.3, 0.4) is 0 Å². The first kappa shape index (κ1) is 16.7. The van der Waals surface area contributed by atoms with Crippen molar-refractivity contribution >= 4 is 12.0 Å². The van der Waals surface area contributed by atoms with Crippen LogP contribution >= 0.6 is 0 Å². The number of nitrogens with zero attached hydrogens (tertiary/aromatic N) is 1. The first-order valence-electron chi connectivity index (χ1n) is 6.40. The molecule has 1 atom stereocenters. The van der Waals surface area contributed by atoms with Crippen LogP contribution in [0, 0.1) is 0 Å². The standard InChI is InChI=1S/C13H26N2O3/c1-7-9-13(5,10(16)17)14-11(18)15(6)12(3,4)8-2/h7-9H2,1-6H3,(H,14,18)(H,16,17). The summed E-state index contributed by atoms with van der Waals surface area (Å²) in [5.74, 6) is -1.000. The quantitative estimate of drug-likeness (QED) is 0.769. The highest BCUT2D eigenvalue weighted by Crippen LogP contribution is 2.19. The van der Waals surface area contributed by atoms with Crippen molar-refractivity contribution in [3.8, 4) is 0 Å². The Labute approximate surface area is 110 Å². The minimum atomic E-state index is -1.20. The Morgan fingerprint density at radius 2 is 1.72 bits per heavy atom. The Balaban J connectivity index is 4.87. The van der Waals surface area contributed by atoms with Gasteiger partial charge in [-0.25, -0.2) is 9.59 Å². The van der Waals surface area contributed by atoms with E-state index in [4.69, 9.17) is 0 Å². The highest BCUT2D eigenvalue weighted by molar-refractivity contribution is 5.86. The molecule has 0 spiro atoms. The molecular formula is C13H26N2O3. The van der Waals surface area contributed by atoms with Gasteiger partial charge in [-0.05, 0) is 33.6 Å². The van der Waals surface area contributed by atoms with Gasteiger partial charge in [0.15, 0.2) is 0 Å². The number of carbonyl (C=O) groups is 2. The van der Waals surface area contributed by atoms with Crippen molar-refractivity contribution in [2.24, 2.45) is 0 Å². The lowest BCUT2D eigenvalue weighted by Crippen LogP contribution is -2.58. The summed E-state index contributed by atoms with van der Waals surface area (Å²) in [5, 5.41) is 11.8. The van der Waals surface area contributed by atoms with E-state index >= 15 is 0 Å². The zero-order chi connectivity index (χ0) is 14.6. The summed E-state index contributed by atoms with van der Waals surface area (Å²) in [6.45, 7) is 9.33. The lowest BCUT2D eigenvalue weighted by molar-refractivity contribution is -0.144. The molecule has 0 aromatic carbocycles. The van der Waals surface area contributed by atoms with Gasteiger partial charge in [-0.1, -0.05) is 20.3 Å². The smallest absolute Gasteiger partial charge is 0.329 e. The largest absolute Gasteiger partial charge is 0.480 e. The third-order valence-electron chi connectivity index (χ3n) is 3.68. The van der Waals surface area contributed by atoms with Gasteiger partial charge in [-0.2, -0.15) is 0 Å². The van der Waals surface area contributed by atoms with Crippen LogP contribution < -0.4 is 5.32 Å². The van der Waals surface area contributed by atoms with E-state index in [0.717, 1.165) is 6.42 Å². The summed E-state index contributed by atoms with van der Waals surface area (Å²) >= 11 is 0. The van der Waals surface area contributed by atoms with Gasteiger partial charge in [0.2, 0.25) is 0 Å². The number of amides is 2. The Kier molecular flexibility index (Phi) is 5.64. The van der Waals surface area contributed by atoms with Crippen molar-refractivity contribution in [1.29, 1.82) is 0 Å². The van der Waals surface area contributed by atoms with Crippen LogP contribution in [0.2, 0.25) is 0 Å². The molecule has 1 unspecified atom stereocenters. The van der Waals surface area contributed by atoms with E-state index in [1.807, 2.05) is 27.7 Å². The van der Waals surface area contributed by atoms with Gasteiger partial charge in [-0.3, -0.25) is 0 Å². The zero-order valence-corrected chi connectivity index (χ0v) is 12.3. The number of urea groups is 1. The molecule has 0 heterocycles. The Bertz CT molecular complexity index is 315. The van der Waals surface area contributed by atoms with Crippen LogP contribution in [0.15, 0.2) is 0 Å². The van der Waals surface area contributed by atoms with E-state index in [1.54, 1.807) is 18.9 Å². The second-order valence-electron chi connectivity index (χ2n) is 5.54. The van der Waals surface area contributed by atoms with Gasteiger partial charge in [0.05, 0.1) is 0 Å². The van der Waals surface area contributed by atoms with E-state index in [0.29, 0.717) is 12.8 Å². The van der Waals surface area contributed by atoms with Crippen LogP contribution in [-0.2, 0) is 4.79 Å². The summed E-state index contributed by atoms with van der Waals surface area (Å²) in [6, 6.07) is -0.347. The van der Waals surface area contributed by atoms with E-state index in [2.05, 4.69) is 5.32 Å². The monoisotopic (exact) mass is 258 g/mol. The summed E-state index contributed by atoms with van der Waals surface area (Å²) < 4.78 is 0. The van der Waals surface area contributed by atoms with Gasteiger partial charge < -0.3 is 15.3 Å². The number of carboxylic acids is 1. The molecule has 0 rings (SSSR count). The highest BCUT2D eigenvalue weighted by atomic mass is 16.4. The maximum Gasteiger partial charge on any atom is 0.329 e. The summed E-state index contributed by atoms with van der Waals surface area (Å²) in [6.07, 6.45) is 1.91. The van der Waals surface area contributed by atoms with Crippen LogP contribution in [0.25, 0.3) is 0 Å². The molecule has 0 aromatic heterocycles. The lowest BCUT2D eigenvalue weighted by atomic mass is 9.96. The molecular weight excluding hydrogens is 232 g/mol. The fourth-order valence-electron chi connectivity index (χ4n) is 1.55. The third-order valence-corrected chi connectivity index (χ3v) is 3.68. The predicted octanol–water partition coefficient (Wildman–Crippen LogP) is 2.46. The lowest BCUT2D eigenvalue weighted by Gasteiger charge is -2.37. The van der Waals surface area contributed by atoms with Gasteiger partial charge in [0.25, 0.3) is 0 Å². The van der Waals surface area contributed by atoms with Crippen LogP contribution in [0.4, 0.5) is 4.79 Å². The molecule has 18 heavy (non-hydrogen) atoms. The fraction of sp³-hybridized carbons (Fsp3) is 0.846. The third kappa shape index (κ3) is 3.89. The van der Waals surface area contributed by atoms with Crippen LogP contribution in [0.5, 0.6) is 0 Å². The van der Waals surface area contributed by atoms with Gasteiger partial charge in [0, 0.05) is 12.6 Å². The molecule has 5 nitrogen and oxygen atoms in total. The van der Waals surface area contributed by atoms with Crippen molar-refractivity contribution < 1.29 is 14.7 Å². The molecule has 2 N–H and O–H groups in total. The number of rotatable bonds is 6. The second-order valence-corrected chi connectivity index (χ2v) is 5.54. The van der Waals surface area contributed by atoms with E-state index in [9.17, 15) is 14.7 Å². The molecule has 0 radical (unpaired) electrons. The molecule has 0 saturated heterocycles. The number of hydrogen-bond acceptors (Lipinski definition) is 2.